The monoisotopic (exact) mass is 589 g/mol. The third-order valence-corrected chi connectivity index (χ3v) is 7.75. The smallest absolute Gasteiger partial charge is 0.244 e. The molecule has 7 nitrogen and oxygen atoms in total. The molecular weight excluding hydrogens is 557 g/mol. The van der Waals surface area contributed by atoms with Crippen LogP contribution >= 0.6 is 23.2 Å². The fraction of sp³-hybridized carbons (Fsp3) is 0.310. The first-order chi connectivity index (χ1) is 18.3. The van der Waals surface area contributed by atoms with Crippen molar-refractivity contribution in [2.24, 2.45) is 0 Å². The molecule has 1 N–H and O–H groups in total. The molecule has 39 heavy (non-hydrogen) atoms. The number of rotatable bonds is 11. The van der Waals surface area contributed by atoms with E-state index in [-0.39, 0.29) is 24.9 Å². The standard InChI is InChI=1S/C29H33Cl2N3O4S/c1-20(2)32-29(36)27(16-22-10-6-5-7-11-22)33(18-23-13-14-24(30)17-26(23)31)28(35)19-34(39(4,37)38)25-12-8-9-21(3)15-25/h5-15,17,20,27H,16,18-19H2,1-4H3,(H,32,36). The van der Waals surface area contributed by atoms with E-state index < -0.39 is 28.5 Å². The highest BCUT2D eigenvalue weighted by molar-refractivity contribution is 7.92. The fourth-order valence-electron chi connectivity index (χ4n) is 4.16. The molecule has 10 heteroatoms. The van der Waals surface area contributed by atoms with Gasteiger partial charge in [-0.2, -0.15) is 0 Å². The third-order valence-electron chi connectivity index (χ3n) is 6.03. The third kappa shape index (κ3) is 8.71. The summed E-state index contributed by atoms with van der Waals surface area (Å²) in [7, 11) is -3.83. The van der Waals surface area contributed by atoms with Crippen LogP contribution in [0.1, 0.15) is 30.5 Å². The van der Waals surface area contributed by atoms with Gasteiger partial charge in [-0.15, -0.1) is 0 Å². The lowest BCUT2D eigenvalue weighted by molar-refractivity contribution is -0.140. The molecule has 2 amide bonds. The van der Waals surface area contributed by atoms with Gasteiger partial charge in [0.25, 0.3) is 0 Å². The molecule has 0 spiro atoms. The first-order valence-corrected chi connectivity index (χ1v) is 15.1. The number of anilines is 1. The molecule has 3 aromatic rings. The SMILES string of the molecule is Cc1cccc(N(CC(=O)N(Cc2ccc(Cl)cc2Cl)C(Cc2ccccc2)C(=O)NC(C)C)S(C)(=O)=O)c1. The van der Waals surface area contributed by atoms with Gasteiger partial charge in [-0.1, -0.05) is 71.7 Å². The summed E-state index contributed by atoms with van der Waals surface area (Å²) >= 11 is 12.6. The number of halogens is 2. The van der Waals surface area contributed by atoms with E-state index in [9.17, 15) is 18.0 Å². The zero-order chi connectivity index (χ0) is 28.7. The van der Waals surface area contributed by atoms with Crippen LogP contribution < -0.4 is 9.62 Å². The zero-order valence-corrected chi connectivity index (χ0v) is 24.7. The second-order valence-electron chi connectivity index (χ2n) is 9.73. The molecule has 1 unspecified atom stereocenters. The predicted octanol–water partition coefficient (Wildman–Crippen LogP) is 5.23. The van der Waals surface area contributed by atoms with Crippen molar-refractivity contribution in [3.05, 3.63) is 99.5 Å². The van der Waals surface area contributed by atoms with E-state index in [1.807, 2.05) is 57.2 Å². The lowest BCUT2D eigenvalue weighted by Gasteiger charge is -2.34. The Bertz CT molecular complexity index is 1420. The first kappa shape index (κ1) is 30.5. The van der Waals surface area contributed by atoms with Gasteiger partial charge < -0.3 is 10.2 Å². The summed E-state index contributed by atoms with van der Waals surface area (Å²) in [5.74, 6) is -0.901. The Morgan fingerprint density at radius 1 is 0.949 bits per heavy atom. The molecule has 0 aliphatic heterocycles. The quantitative estimate of drug-likeness (QED) is 0.331. The highest BCUT2D eigenvalue weighted by atomic mass is 35.5. The Balaban J connectivity index is 2.08. The summed E-state index contributed by atoms with van der Waals surface area (Å²) in [5.41, 5.74) is 2.63. The van der Waals surface area contributed by atoms with Crippen LogP contribution in [0.2, 0.25) is 10.0 Å². The highest BCUT2D eigenvalue weighted by Crippen LogP contribution is 2.25. The van der Waals surface area contributed by atoms with Crippen molar-refractivity contribution in [2.75, 3.05) is 17.1 Å². The van der Waals surface area contributed by atoms with Crippen LogP contribution in [0.25, 0.3) is 0 Å². The molecule has 0 aliphatic rings. The Morgan fingerprint density at radius 3 is 2.23 bits per heavy atom. The van der Waals surface area contributed by atoms with Gasteiger partial charge in [0, 0.05) is 29.1 Å². The second-order valence-corrected chi connectivity index (χ2v) is 12.5. The second kappa shape index (κ2) is 13.3. The van der Waals surface area contributed by atoms with Crippen LogP contribution in [-0.4, -0.2) is 50.0 Å². The number of sulfonamides is 1. The van der Waals surface area contributed by atoms with E-state index in [2.05, 4.69) is 5.32 Å². The number of benzene rings is 3. The first-order valence-electron chi connectivity index (χ1n) is 12.5. The minimum absolute atomic E-state index is 0.0245. The van der Waals surface area contributed by atoms with Crippen LogP contribution in [-0.2, 0) is 32.6 Å². The van der Waals surface area contributed by atoms with Gasteiger partial charge >= 0.3 is 0 Å². The lowest BCUT2D eigenvalue weighted by Crippen LogP contribution is -2.54. The van der Waals surface area contributed by atoms with E-state index in [0.717, 1.165) is 21.7 Å². The molecule has 0 bridgehead atoms. The molecule has 208 valence electrons. The van der Waals surface area contributed by atoms with E-state index in [4.69, 9.17) is 23.2 Å². The normalized spacial score (nSPS) is 12.2. The summed E-state index contributed by atoms with van der Waals surface area (Å²) in [5, 5.41) is 3.68. The van der Waals surface area contributed by atoms with Gasteiger partial charge in [0.05, 0.1) is 11.9 Å². The summed E-state index contributed by atoms with van der Waals surface area (Å²) in [6.45, 7) is 5.00. The number of carbonyl (C=O) groups is 2. The molecule has 0 aliphatic carbocycles. The average molecular weight is 591 g/mol. The zero-order valence-electron chi connectivity index (χ0n) is 22.4. The maximum absolute atomic E-state index is 14.0. The van der Waals surface area contributed by atoms with Crippen molar-refractivity contribution in [1.29, 1.82) is 0 Å². The molecule has 0 saturated carbocycles. The molecule has 0 fully saturated rings. The average Bonchev–Trinajstić information content (AvgIpc) is 2.85. The van der Waals surface area contributed by atoms with Crippen LogP contribution in [0.5, 0.6) is 0 Å². The largest absolute Gasteiger partial charge is 0.352 e. The van der Waals surface area contributed by atoms with Crippen molar-refractivity contribution in [1.82, 2.24) is 10.2 Å². The lowest BCUT2D eigenvalue weighted by atomic mass is 10.0. The number of hydrogen-bond donors (Lipinski definition) is 1. The van der Waals surface area contributed by atoms with Crippen LogP contribution in [0.4, 0.5) is 5.69 Å². The molecule has 0 saturated heterocycles. The van der Waals surface area contributed by atoms with Crippen LogP contribution in [0.15, 0.2) is 72.8 Å². The van der Waals surface area contributed by atoms with Gasteiger partial charge in [-0.05, 0) is 61.7 Å². The van der Waals surface area contributed by atoms with E-state index in [1.165, 1.54) is 4.90 Å². The van der Waals surface area contributed by atoms with E-state index in [0.29, 0.717) is 21.3 Å². The molecule has 3 aromatic carbocycles. The van der Waals surface area contributed by atoms with Gasteiger partial charge in [-0.25, -0.2) is 8.42 Å². The summed E-state index contributed by atoms with van der Waals surface area (Å²) in [6, 6.07) is 20.0. The maximum Gasteiger partial charge on any atom is 0.244 e. The summed E-state index contributed by atoms with van der Waals surface area (Å²) in [4.78, 5) is 29.0. The number of amides is 2. The minimum atomic E-state index is -3.83. The number of aryl methyl sites for hydroxylation is 1. The predicted molar refractivity (Wildman–Crippen MR) is 158 cm³/mol. The van der Waals surface area contributed by atoms with E-state index in [1.54, 1.807) is 36.4 Å². The Kier molecular flexibility index (Phi) is 10.4. The Hall–Kier alpha value is -3.07. The van der Waals surface area contributed by atoms with E-state index >= 15 is 0 Å². The van der Waals surface area contributed by atoms with Crippen molar-refractivity contribution in [3.63, 3.8) is 0 Å². The van der Waals surface area contributed by atoms with Crippen molar-refractivity contribution in [3.8, 4) is 0 Å². The molecule has 1 atom stereocenters. The van der Waals surface area contributed by atoms with Crippen LogP contribution in [0, 0.1) is 6.92 Å². The number of carbonyl (C=O) groups excluding carboxylic acids is 2. The Morgan fingerprint density at radius 2 is 1.64 bits per heavy atom. The molecule has 0 aromatic heterocycles. The number of hydrogen-bond acceptors (Lipinski definition) is 4. The van der Waals surface area contributed by atoms with Gasteiger partial charge in [0.15, 0.2) is 0 Å². The van der Waals surface area contributed by atoms with Gasteiger partial charge in [-0.3, -0.25) is 13.9 Å². The Labute approximate surface area is 240 Å². The van der Waals surface area contributed by atoms with Gasteiger partial charge in [0.1, 0.15) is 12.6 Å². The summed E-state index contributed by atoms with van der Waals surface area (Å²) < 4.78 is 26.7. The number of nitrogens with one attached hydrogen (secondary N) is 1. The van der Waals surface area contributed by atoms with Gasteiger partial charge in [0.2, 0.25) is 21.8 Å². The molecule has 0 heterocycles. The molecule has 0 radical (unpaired) electrons. The van der Waals surface area contributed by atoms with Crippen molar-refractivity contribution < 1.29 is 18.0 Å². The number of nitrogens with zero attached hydrogens (tertiary/aromatic N) is 2. The maximum atomic E-state index is 14.0. The molecular formula is C29H33Cl2N3O4S. The van der Waals surface area contributed by atoms with Crippen molar-refractivity contribution >= 4 is 50.7 Å². The van der Waals surface area contributed by atoms with Crippen LogP contribution in [0.3, 0.4) is 0 Å². The molecule has 3 rings (SSSR count). The highest BCUT2D eigenvalue weighted by Gasteiger charge is 2.33. The fourth-order valence-corrected chi connectivity index (χ4v) is 5.47. The topological polar surface area (TPSA) is 86.8 Å². The van der Waals surface area contributed by atoms with Crippen molar-refractivity contribution in [2.45, 2.75) is 45.8 Å². The minimum Gasteiger partial charge on any atom is -0.352 e. The summed E-state index contributed by atoms with van der Waals surface area (Å²) in [6.07, 6.45) is 1.27.